The van der Waals surface area contributed by atoms with Gasteiger partial charge in [0.2, 0.25) is 17.6 Å². The molecule has 1 aliphatic carbocycles. The van der Waals surface area contributed by atoms with Gasteiger partial charge in [-0.3, -0.25) is 19.4 Å². The Kier molecular flexibility index (Phi) is 8.70. The highest BCUT2D eigenvalue weighted by Crippen LogP contribution is 2.40. The zero-order valence-corrected chi connectivity index (χ0v) is 23.8. The molecule has 40 heavy (non-hydrogen) atoms. The van der Waals surface area contributed by atoms with Crippen molar-refractivity contribution in [3.63, 3.8) is 0 Å². The second-order valence-electron chi connectivity index (χ2n) is 11.7. The third kappa shape index (κ3) is 6.15. The van der Waals surface area contributed by atoms with Gasteiger partial charge in [0, 0.05) is 12.6 Å². The van der Waals surface area contributed by atoms with Gasteiger partial charge in [-0.25, -0.2) is 4.98 Å². The number of nitrogens with two attached hydrogens (primary N) is 3. The Morgan fingerprint density at radius 1 is 1.12 bits per heavy atom. The van der Waals surface area contributed by atoms with Crippen molar-refractivity contribution in [2.24, 2.45) is 28.1 Å². The number of hydrogen-bond acceptors (Lipinski definition) is 7. The molecule has 3 heterocycles. The summed E-state index contributed by atoms with van der Waals surface area (Å²) in [5.74, 6) is -0.204. The number of guanidine groups is 1. The number of hydrogen-bond donors (Lipinski definition) is 4. The van der Waals surface area contributed by atoms with Gasteiger partial charge in [-0.2, -0.15) is 0 Å². The molecular weight excluding hydrogens is 526 g/mol. The number of para-hydroxylation sites is 1. The Labute approximate surface area is 239 Å². The van der Waals surface area contributed by atoms with Crippen molar-refractivity contribution < 1.29 is 14.4 Å². The van der Waals surface area contributed by atoms with Crippen LogP contribution in [0, 0.1) is 5.92 Å². The summed E-state index contributed by atoms with van der Waals surface area (Å²) < 4.78 is 0.909. The van der Waals surface area contributed by atoms with E-state index < -0.39 is 17.6 Å². The van der Waals surface area contributed by atoms with E-state index in [2.05, 4.69) is 15.3 Å². The number of carbonyl (C=O) groups excluding carboxylic acids is 3. The molecule has 1 saturated carbocycles. The van der Waals surface area contributed by atoms with Crippen LogP contribution in [-0.4, -0.2) is 63.7 Å². The minimum Gasteiger partial charge on any atom is -0.370 e. The van der Waals surface area contributed by atoms with E-state index in [0.717, 1.165) is 35.9 Å². The molecule has 1 aromatic carbocycles. The van der Waals surface area contributed by atoms with Crippen LogP contribution in [0.3, 0.4) is 0 Å². The number of amides is 2. The summed E-state index contributed by atoms with van der Waals surface area (Å²) in [6.45, 7) is 0.342. The van der Waals surface area contributed by atoms with E-state index in [9.17, 15) is 14.4 Å². The summed E-state index contributed by atoms with van der Waals surface area (Å²) in [6, 6.07) is 6.16. The number of fused-ring (bicyclic) bond motifs is 2. The monoisotopic (exact) mass is 567 g/mol. The summed E-state index contributed by atoms with van der Waals surface area (Å²) in [4.78, 5) is 51.5. The minimum absolute atomic E-state index is 0.0165. The van der Waals surface area contributed by atoms with Gasteiger partial charge in [-0.05, 0) is 63.0 Å². The number of nitrogens with one attached hydrogen (secondary N) is 1. The minimum atomic E-state index is -0.919. The van der Waals surface area contributed by atoms with Crippen molar-refractivity contribution >= 4 is 45.1 Å². The van der Waals surface area contributed by atoms with Crippen LogP contribution in [0.4, 0.5) is 0 Å². The maximum absolute atomic E-state index is 13.8. The predicted octanol–water partition coefficient (Wildman–Crippen LogP) is 2.84. The summed E-state index contributed by atoms with van der Waals surface area (Å²) >= 11 is 1.31. The zero-order valence-electron chi connectivity index (χ0n) is 23.0. The average molecular weight is 568 g/mol. The average Bonchev–Trinajstić information content (AvgIpc) is 3.57. The normalized spacial score (nSPS) is 25.9. The first-order valence-electron chi connectivity index (χ1n) is 14.6. The summed E-state index contributed by atoms with van der Waals surface area (Å²) in [7, 11) is 0. The molecular formula is C29H41N7O3S. The number of Topliss-reactive ketones (excluding diaryl/α,β-unsaturated/α-hetero) is 1. The van der Waals surface area contributed by atoms with Gasteiger partial charge in [0.05, 0.1) is 21.8 Å². The van der Waals surface area contributed by atoms with E-state index in [1.807, 2.05) is 24.3 Å². The van der Waals surface area contributed by atoms with E-state index in [1.54, 1.807) is 4.90 Å². The molecule has 1 aromatic heterocycles. The van der Waals surface area contributed by atoms with Crippen molar-refractivity contribution in [1.29, 1.82) is 0 Å². The lowest BCUT2D eigenvalue weighted by Gasteiger charge is -2.44. The lowest BCUT2D eigenvalue weighted by atomic mass is 9.75. The molecule has 10 nitrogen and oxygen atoms in total. The third-order valence-electron chi connectivity index (χ3n) is 8.85. The highest BCUT2D eigenvalue weighted by molar-refractivity contribution is 7.20. The van der Waals surface area contributed by atoms with Crippen LogP contribution in [0.25, 0.3) is 10.2 Å². The SMILES string of the molecule is NC(N)=NCCCC(NC(=O)[C@@H]1CCC2CC[C@](N)(CC3CCCCC3)C(=O)N21)C(=O)c1nc2ccccc2s1. The van der Waals surface area contributed by atoms with E-state index in [1.165, 1.54) is 30.6 Å². The highest BCUT2D eigenvalue weighted by atomic mass is 32.1. The molecule has 3 fully saturated rings. The summed E-state index contributed by atoms with van der Waals surface area (Å²) in [5, 5.41) is 3.33. The Bertz CT molecular complexity index is 1240. The highest BCUT2D eigenvalue weighted by Gasteiger charge is 2.52. The second-order valence-corrected chi connectivity index (χ2v) is 12.8. The fourth-order valence-corrected chi connectivity index (χ4v) is 7.74. The van der Waals surface area contributed by atoms with E-state index in [-0.39, 0.29) is 29.6 Å². The van der Waals surface area contributed by atoms with Crippen molar-refractivity contribution in [3.05, 3.63) is 29.3 Å². The Balaban J connectivity index is 1.31. The molecule has 0 bridgehead atoms. The molecule has 4 atom stereocenters. The molecule has 2 amide bonds. The van der Waals surface area contributed by atoms with Crippen LogP contribution in [0.15, 0.2) is 29.3 Å². The number of piperidine rings is 1. The predicted molar refractivity (Wildman–Crippen MR) is 157 cm³/mol. The van der Waals surface area contributed by atoms with Crippen LogP contribution in [0.1, 0.15) is 86.9 Å². The number of rotatable bonds is 10. The lowest BCUT2D eigenvalue weighted by Crippen LogP contribution is -2.64. The van der Waals surface area contributed by atoms with Crippen LogP contribution in [0.2, 0.25) is 0 Å². The number of thiazole rings is 1. The topological polar surface area (TPSA) is 170 Å². The van der Waals surface area contributed by atoms with E-state index in [0.29, 0.717) is 49.6 Å². The van der Waals surface area contributed by atoms with E-state index in [4.69, 9.17) is 17.2 Å². The van der Waals surface area contributed by atoms with Crippen LogP contribution >= 0.6 is 11.3 Å². The quantitative estimate of drug-likeness (QED) is 0.148. The first kappa shape index (κ1) is 28.5. The fraction of sp³-hybridized carbons (Fsp3) is 0.621. The Morgan fingerprint density at radius 2 is 1.90 bits per heavy atom. The van der Waals surface area contributed by atoms with Gasteiger partial charge >= 0.3 is 0 Å². The third-order valence-corrected chi connectivity index (χ3v) is 9.90. The van der Waals surface area contributed by atoms with Crippen molar-refractivity contribution in [3.8, 4) is 0 Å². The van der Waals surface area contributed by atoms with Gasteiger partial charge in [0.15, 0.2) is 11.0 Å². The molecule has 0 spiro atoms. The smallest absolute Gasteiger partial charge is 0.243 e. The van der Waals surface area contributed by atoms with Crippen molar-refractivity contribution in [2.75, 3.05) is 6.54 Å². The van der Waals surface area contributed by atoms with Gasteiger partial charge in [-0.15, -0.1) is 11.3 Å². The van der Waals surface area contributed by atoms with Crippen LogP contribution in [0.5, 0.6) is 0 Å². The number of benzene rings is 1. The van der Waals surface area contributed by atoms with Gasteiger partial charge < -0.3 is 27.4 Å². The van der Waals surface area contributed by atoms with Crippen molar-refractivity contribution in [1.82, 2.24) is 15.2 Å². The Hall–Kier alpha value is -3.05. The molecule has 7 N–H and O–H groups in total. The first-order valence-corrected chi connectivity index (χ1v) is 15.4. The number of aliphatic imine (C=N–C) groups is 1. The number of carbonyl (C=O) groups is 3. The first-order chi connectivity index (χ1) is 19.2. The van der Waals surface area contributed by atoms with Crippen LogP contribution < -0.4 is 22.5 Å². The zero-order chi connectivity index (χ0) is 28.3. The largest absolute Gasteiger partial charge is 0.370 e. The maximum atomic E-state index is 13.8. The molecule has 2 aliphatic heterocycles. The lowest BCUT2D eigenvalue weighted by molar-refractivity contribution is -0.149. The molecule has 2 unspecified atom stereocenters. The molecule has 2 saturated heterocycles. The Morgan fingerprint density at radius 3 is 2.65 bits per heavy atom. The number of aromatic nitrogens is 1. The molecule has 11 heteroatoms. The molecule has 216 valence electrons. The fourth-order valence-electron chi connectivity index (χ4n) is 6.78. The van der Waals surface area contributed by atoms with Gasteiger partial charge in [0.1, 0.15) is 6.04 Å². The van der Waals surface area contributed by atoms with Crippen molar-refractivity contribution in [2.45, 2.75) is 101 Å². The molecule has 5 rings (SSSR count). The second kappa shape index (κ2) is 12.2. The molecule has 0 radical (unpaired) electrons. The van der Waals surface area contributed by atoms with Gasteiger partial charge in [-0.1, -0.05) is 44.2 Å². The molecule has 2 aromatic rings. The summed E-state index contributed by atoms with van der Waals surface area (Å²) in [6.07, 6.45) is 10.2. The number of ketones is 1. The standard InChI is InChI=1S/C29H41N7O3S/c30-28(31)33-16-6-10-21(24(37)26-35-20-9-4-5-11-23(20)40-26)34-25(38)22-13-12-19-14-15-29(32,27(39)36(19)22)17-18-7-2-1-3-8-18/h4-5,9,11,18-19,21-22H,1-3,6-8,10,12-17,32H2,(H,34,38)(H4,30,31,33)/t19?,21?,22-,29-/m0/s1. The van der Waals surface area contributed by atoms with E-state index >= 15 is 0 Å². The van der Waals surface area contributed by atoms with Crippen LogP contribution in [-0.2, 0) is 9.59 Å². The number of nitrogens with zero attached hydrogens (tertiary/aromatic N) is 3. The maximum Gasteiger partial charge on any atom is 0.243 e. The van der Waals surface area contributed by atoms with Gasteiger partial charge in [0.25, 0.3) is 0 Å². The molecule has 3 aliphatic rings. The summed E-state index contributed by atoms with van der Waals surface area (Å²) in [5.41, 5.74) is 17.5.